The molecular formula is C20H24F2N3O3+. The number of benzene rings is 2. The molecule has 28 heavy (non-hydrogen) atoms. The third kappa shape index (κ3) is 5.32. The zero-order valence-electron chi connectivity index (χ0n) is 15.7. The summed E-state index contributed by atoms with van der Waals surface area (Å²) in [6.45, 7) is 0.846. The molecule has 0 atom stereocenters. The summed E-state index contributed by atoms with van der Waals surface area (Å²) in [4.78, 5) is 15.7. The van der Waals surface area contributed by atoms with Crippen molar-refractivity contribution in [2.45, 2.75) is 6.61 Å². The lowest BCUT2D eigenvalue weighted by atomic mass is 10.2. The first-order valence-electron chi connectivity index (χ1n) is 9.11. The average Bonchev–Trinajstić information content (AvgIpc) is 2.69. The molecule has 0 radical (unpaired) electrons. The van der Waals surface area contributed by atoms with Gasteiger partial charge in [0.15, 0.2) is 6.54 Å². The van der Waals surface area contributed by atoms with Gasteiger partial charge in [-0.2, -0.15) is 8.78 Å². The zero-order chi connectivity index (χ0) is 19.9. The molecule has 1 fully saturated rings. The van der Waals surface area contributed by atoms with Gasteiger partial charge in [0.1, 0.15) is 11.5 Å². The van der Waals surface area contributed by atoms with Crippen LogP contribution in [0, 0.1) is 0 Å². The number of quaternary nitrogens is 1. The van der Waals surface area contributed by atoms with Crippen molar-refractivity contribution >= 4 is 17.3 Å². The number of carbonyl (C=O) groups excluding carboxylic acids is 1. The molecule has 2 N–H and O–H groups in total. The van der Waals surface area contributed by atoms with Gasteiger partial charge in [0.2, 0.25) is 0 Å². The molecule has 1 amide bonds. The molecule has 0 spiro atoms. The van der Waals surface area contributed by atoms with E-state index in [0.717, 1.165) is 37.6 Å². The Balaban J connectivity index is 1.47. The molecule has 1 saturated heterocycles. The highest BCUT2D eigenvalue weighted by atomic mass is 19.3. The molecule has 0 bridgehead atoms. The number of para-hydroxylation sites is 2. The van der Waals surface area contributed by atoms with Gasteiger partial charge in [-0.15, -0.1) is 0 Å². The summed E-state index contributed by atoms with van der Waals surface area (Å²) in [5, 5.41) is 2.79. The fourth-order valence-corrected chi connectivity index (χ4v) is 3.28. The first-order chi connectivity index (χ1) is 13.5. The van der Waals surface area contributed by atoms with E-state index in [4.69, 9.17) is 4.74 Å². The highest BCUT2D eigenvalue weighted by Crippen LogP contribution is 2.27. The van der Waals surface area contributed by atoms with Crippen LogP contribution in [0.4, 0.5) is 20.2 Å². The first-order valence-corrected chi connectivity index (χ1v) is 9.11. The third-order valence-electron chi connectivity index (χ3n) is 4.67. The van der Waals surface area contributed by atoms with Crippen LogP contribution in [0.1, 0.15) is 0 Å². The predicted octanol–water partition coefficient (Wildman–Crippen LogP) is 1.64. The quantitative estimate of drug-likeness (QED) is 0.752. The summed E-state index contributed by atoms with van der Waals surface area (Å²) in [7, 11) is 1.66. The van der Waals surface area contributed by atoms with Crippen LogP contribution in [0.15, 0.2) is 48.5 Å². The second kappa shape index (κ2) is 9.36. The molecule has 6 nitrogen and oxygen atoms in total. The highest BCUT2D eigenvalue weighted by Gasteiger charge is 2.23. The van der Waals surface area contributed by atoms with Crippen molar-refractivity contribution in [1.82, 2.24) is 0 Å². The Labute approximate surface area is 162 Å². The smallest absolute Gasteiger partial charge is 0.387 e. The van der Waals surface area contributed by atoms with E-state index in [1.54, 1.807) is 19.2 Å². The van der Waals surface area contributed by atoms with E-state index >= 15 is 0 Å². The fourth-order valence-electron chi connectivity index (χ4n) is 3.28. The van der Waals surface area contributed by atoms with Gasteiger partial charge in [-0.3, -0.25) is 4.79 Å². The number of amides is 1. The van der Waals surface area contributed by atoms with Crippen molar-refractivity contribution < 1.29 is 27.9 Å². The molecular weight excluding hydrogens is 368 g/mol. The number of ether oxygens (including phenoxy) is 2. The Morgan fingerprint density at radius 3 is 2.46 bits per heavy atom. The SMILES string of the molecule is COc1ccccc1N1CC[NH+](CC(=O)Nc2ccc(OC(F)F)cc2)CC1. The van der Waals surface area contributed by atoms with Crippen LogP contribution in [-0.2, 0) is 4.79 Å². The van der Waals surface area contributed by atoms with Crippen LogP contribution in [0.5, 0.6) is 11.5 Å². The zero-order valence-corrected chi connectivity index (χ0v) is 15.7. The van der Waals surface area contributed by atoms with E-state index in [1.807, 2.05) is 24.3 Å². The Morgan fingerprint density at radius 1 is 1.14 bits per heavy atom. The molecule has 0 unspecified atom stereocenters. The van der Waals surface area contributed by atoms with Crippen LogP contribution in [0.2, 0.25) is 0 Å². The lowest BCUT2D eigenvalue weighted by molar-refractivity contribution is -0.892. The van der Waals surface area contributed by atoms with Gasteiger partial charge in [0.05, 0.1) is 39.0 Å². The summed E-state index contributed by atoms with van der Waals surface area (Å²) in [5.74, 6) is 0.803. The van der Waals surface area contributed by atoms with E-state index in [0.29, 0.717) is 12.2 Å². The molecule has 0 aliphatic carbocycles. The molecule has 1 heterocycles. The molecule has 1 aliphatic heterocycles. The maximum absolute atomic E-state index is 12.3. The van der Waals surface area contributed by atoms with Gasteiger partial charge in [0, 0.05) is 5.69 Å². The van der Waals surface area contributed by atoms with Crippen molar-refractivity contribution in [1.29, 1.82) is 0 Å². The van der Waals surface area contributed by atoms with E-state index in [1.165, 1.54) is 17.0 Å². The average molecular weight is 392 g/mol. The summed E-state index contributed by atoms with van der Waals surface area (Å²) < 4.78 is 34.0. The van der Waals surface area contributed by atoms with E-state index in [9.17, 15) is 13.6 Å². The highest BCUT2D eigenvalue weighted by molar-refractivity contribution is 5.91. The van der Waals surface area contributed by atoms with E-state index in [2.05, 4.69) is 15.0 Å². The molecule has 0 saturated carbocycles. The van der Waals surface area contributed by atoms with Crippen molar-refractivity contribution in [3.8, 4) is 11.5 Å². The number of rotatable bonds is 7. The maximum atomic E-state index is 12.3. The second-order valence-electron chi connectivity index (χ2n) is 6.54. The Bertz CT molecular complexity index is 779. The Hall–Kier alpha value is -2.87. The molecule has 1 aliphatic rings. The fraction of sp³-hybridized carbons (Fsp3) is 0.350. The van der Waals surface area contributed by atoms with Gasteiger partial charge >= 0.3 is 6.61 Å². The standard InChI is InChI=1S/C20H23F2N3O3/c1-27-18-5-3-2-4-17(18)25-12-10-24(11-13-25)14-19(26)23-15-6-8-16(9-7-15)28-20(21)22/h2-9,20H,10-14H2,1H3,(H,23,26)/p+1. The third-order valence-corrected chi connectivity index (χ3v) is 4.67. The minimum Gasteiger partial charge on any atom is -0.495 e. The molecule has 2 aromatic rings. The lowest BCUT2D eigenvalue weighted by Gasteiger charge is -2.34. The number of anilines is 2. The predicted molar refractivity (Wildman–Crippen MR) is 102 cm³/mol. The van der Waals surface area contributed by atoms with Gasteiger partial charge in [0.25, 0.3) is 5.91 Å². The van der Waals surface area contributed by atoms with E-state index < -0.39 is 6.61 Å². The molecule has 2 aromatic carbocycles. The number of nitrogens with zero attached hydrogens (tertiary/aromatic N) is 1. The Morgan fingerprint density at radius 2 is 1.82 bits per heavy atom. The molecule has 8 heteroatoms. The normalized spacial score (nSPS) is 14.8. The summed E-state index contributed by atoms with van der Waals surface area (Å²) in [6, 6.07) is 13.8. The van der Waals surface area contributed by atoms with Crippen molar-refractivity contribution in [3.63, 3.8) is 0 Å². The summed E-state index contributed by atoms with van der Waals surface area (Å²) in [5.41, 5.74) is 1.62. The van der Waals surface area contributed by atoms with E-state index in [-0.39, 0.29) is 11.7 Å². The molecule has 3 rings (SSSR count). The first kappa shape index (κ1) is 19.9. The monoisotopic (exact) mass is 392 g/mol. The van der Waals surface area contributed by atoms with Crippen LogP contribution in [0.25, 0.3) is 0 Å². The molecule has 0 aromatic heterocycles. The number of carbonyl (C=O) groups is 1. The maximum Gasteiger partial charge on any atom is 0.387 e. The number of halogens is 2. The van der Waals surface area contributed by atoms with Crippen molar-refractivity contribution in [2.24, 2.45) is 0 Å². The molecule has 150 valence electrons. The minimum atomic E-state index is -2.86. The number of hydrogen-bond acceptors (Lipinski definition) is 4. The van der Waals surface area contributed by atoms with Gasteiger partial charge < -0.3 is 24.6 Å². The van der Waals surface area contributed by atoms with Crippen LogP contribution in [-0.4, -0.2) is 52.4 Å². The summed E-state index contributed by atoms with van der Waals surface area (Å²) >= 11 is 0. The largest absolute Gasteiger partial charge is 0.495 e. The number of hydrogen-bond donors (Lipinski definition) is 2. The van der Waals surface area contributed by atoms with Gasteiger partial charge in [-0.25, -0.2) is 0 Å². The van der Waals surface area contributed by atoms with Crippen LogP contribution < -0.4 is 24.6 Å². The Kier molecular flexibility index (Phi) is 6.65. The number of nitrogens with one attached hydrogen (secondary N) is 2. The van der Waals surface area contributed by atoms with Crippen LogP contribution >= 0.6 is 0 Å². The van der Waals surface area contributed by atoms with Crippen molar-refractivity contribution in [3.05, 3.63) is 48.5 Å². The number of piperazine rings is 1. The van der Waals surface area contributed by atoms with Crippen LogP contribution in [0.3, 0.4) is 0 Å². The second-order valence-corrected chi connectivity index (χ2v) is 6.54. The van der Waals surface area contributed by atoms with Gasteiger partial charge in [-0.05, 0) is 36.4 Å². The minimum absolute atomic E-state index is 0.0612. The number of alkyl halides is 2. The number of methoxy groups -OCH3 is 1. The lowest BCUT2D eigenvalue weighted by Crippen LogP contribution is -3.15. The van der Waals surface area contributed by atoms with Crippen molar-refractivity contribution in [2.75, 3.05) is 50.1 Å². The summed E-state index contributed by atoms with van der Waals surface area (Å²) in [6.07, 6.45) is 0. The topological polar surface area (TPSA) is 55.2 Å². The van der Waals surface area contributed by atoms with Gasteiger partial charge in [-0.1, -0.05) is 12.1 Å².